The van der Waals surface area contributed by atoms with Gasteiger partial charge in [0, 0.05) is 24.7 Å². The fourth-order valence-corrected chi connectivity index (χ4v) is 3.87. The van der Waals surface area contributed by atoms with E-state index in [9.17, 15) is 18.7 Å². The van der Waals surface area contributed by atoms with E-state index < -0.39 is 17.8 Å². The number of hydrogen-bond acceptors (Lipinski definition) is 7. The normalized spacial score (nSPS) is 12.2. The summed E-state index contributed by atoms with van der Waals surface area (Å²) in [6.07, 6.45) is 2.25. The zero-order valence-electron chi connectivity index (χ0n) is 19.4. The first kappa shape index (κ1) is 24.0. The van der Waals surface area contributed by atoms with Crippen molar-refractivity contribution >= 4 is 11.8 Å². The second kappa shape index (κ2) is 10.00. The van der Waals surface area contributed by atoms with Crippen LogP contribution in [0.25, 0.3) is 22.9 Å². The first-order chi connectivity index (χ1) is 16.7. The smallest absolute Gasteiger partial charge is 0.305 e. The van der Waals surface area contributed by atoms with Crippen molar-refractivity contribution in [2.24, 2.45) is 5.92 Å². The summed E-state index contributed by atoms with van der Waals surface area (Å²) >= 11 is 0. The number of hydrogen-bond donors (Lipinski definition) is 1. The minimum atomic E-state index is -0.991. The predicted molar refractivity (Wildman–Crippen MR) is 123 cm³/mol. The minimum Gasteiger partial charge on any atom is -0.481 e. The van der Waals surface area contributed by atoms with Gasteiger partial charge in [-0.05, 0) is 18.1 Å². The van der Waals surface area contributed by atoms with E-state index in [1.165, 1.54) is 17.2 Å². The molecule has 4 rings (SSSR count). The van der Waals surface area contributed by atoms with E-state index >= 15 is 0 Å². The third-order valence-corrected chi connectivity index (χ3v) is 5.70. The molecular formula is C24H24F2N6O3. The van der Waals surface area contributed by atoms with Crippen LogP contribution in [-0.2, 0) is 11.3 Å². The number of carboxylic acids is 1. The van der Waals surface area contributed by atoms with E-state index in [4.69, 9.17) is 4.52 Å². The molecule has 11 heteroatoms. The van der Waals surface area contributed by atoms with E-state index in [-0.39, 0.29) is 36.3 Å². The third kappa shape index (κ3) is 5.18. The molecule has 0 radical (unpaired) electrons. The van der Waals surface area contributed by atoms with Gasteiger partial charge in [-0.1, -0.05) is 37.2 Å². The Morgan fingerprint density at radius 3 is 2.60 bits per heavy atom. The second-order valence-corrected chi connectivity index (χ2v) is 8.43. The first-order valence-electron chi connectivity index (χ1n) is 10.9. The summed E-state index contributed by atoms with van der Waals surface area (Å²) in [6, 6.07) is 9.16. The van der Waals surface area contributed by atoms with Crippen molar-refractivity contribution in [3.05, 3.63) is 66.1 Å². The molecule has 0 aliphatic carbocycles. The van der Waals surface area contributed by atoms with Crippen molar-refractivity contribution in [1.82, 2.24) is 24.9 Å². The summed E-state index contributed by atoms with van der Waals surface area (Å²) in [4.78, 5) is 21.3. The number of anilines is 1. The van der Waals surface area contributed by atoms with Gasteiger partial charge in [0.1, 0.15) is 23.5 Å². The molecule has 35 heavy (non-hydrogen) atoms. The topological polar surface area (TPSA) is 110 Å². The van der Waals surface area contributed by atoms with Crippen LogP contribution in [0.3, 0.4) is 0 Å². The van der Waals surface area contributed by atoms with Gasteiger partial charge in [0.05, 0.1) is 24.9 Å². The molecule has 1 aromatic carbocycles. The maximum Gasteiger partial charge on any atom is 0.305 e. The van der Waals surface area contributed by atoms with E-state index in [0.717, 1.165) is 6.20 Å². The van der Waals surface area contributed by atoms with Crippen LogP contribution in [0.2, 0.25) is 0 Å². The Morgan fingerprint density at radius 1 is 1.17 bits per heavy atom. The summed E-state index contributed by atoms with van der Waals surface area (Å²) in [7, 11) is 1.60. The number of benzene rings is 1. The first-order valence-corrected chi connectivity index (χ1v) is 10.9. The number of nitrogens with zero attached hydrogens (tertiary/aromatic N) is 6. The Kier molecular flexibility index (Phi) is 6.85. The third-order valence-electron chi connectivity index (χ3n) is 5.70. The Bertz CT molecular complexity index is 1320. The van der Waals surface area contributed by atoms with Crippen molar-refractivity contribution in [2.75, 3.05) is 11.9 Å². The van der Waals surface area contributed by atoms with Crippen LogP contribution in [0.4, 0.5) is 14.6 Å². The Morgan fingerprint density at radius 2 is 1.94 bits per heavy atom. The molecule has 0 saturated carbocycles. The number of rotatable bonds is 9. The molecule has 0 aliphatic heterocycles. The lowest BCUT2D eigenvalue weighted by atomic mass is 9.99. The van der Waals surface area contributed by atoms with Crippen molar-refractivity contribution in [3.8, 4) is 22.9 Å². The molecule has 1 atom stereocenters. The molecule has 0 fully saturated rings. The molecule has 1 unspecified atom stereocenters. The Balaban J connectivity index is 1.75. The van der Waals surface area contributed by atoms with Crippen LogP contribution in [0.15, 0.2) is 53.4 Å². The van der Waals surface area contributed by atoms with Gasteiger partial charge in [-0.15, -0.1) is 0 Å². The Hall–Kier alpha value is -4.15. The summed E-state index contributed by atoms with van der Waals surface area (Å²) < 4.78 is 35.5. The highest BCUT2D eigenvalue weighted by molar-refractivity contribution is 5.68. The van der Waals surface area contributed by atoms with Crippen LogP contribution in [0.1, 0.15) is 25.8 Å². The molecule has 3 aromatic heterocycles. The van der Waals surface area contributed by atoms with Crippen LogP contribution < -0.4 is 4.90 Å². The number of carboxylic acid groups (broad SMARTS) is 1. The van der Waals surface area contributed by atoms with Crippen LogP contribution >= 0.6 is 0 Å². The highest BCUT2D eigenvalue weighted by Crippen LogP contribution is 2.28. The van der Waals surface area contributed by atoms with Crippen molar-refractivity contribution in [2.45, 2.75) is 32.9 Å². The van der Waals surface area contributed by atoms with E-state index in [1.54, 1.807) is 42.1 Å². The monoisotopic (exact) mass is 482 g/mol. The van der Waals surface area contributed by atoms with Gasteiger partial charge in [-0.2, -0.15) is 5.10 Å². The summed E-state index contributed by atoms with van der Waals surface area (Å²) in [5.74, 6) is -2.04. The molecular weight excluding hydrogens is 458 g/mol. The van der Waals surface area contributed by atoms with Crippen molar-refractivity contribution < 1.29 is 23.2 Å². The van der Waals surface area contributed by atoms with E-state index in [2.05, 4.69) is 20.2 Å². The molecule has 0 bridgehead atoms. The number of carbonyl (C=O) groups is 1. The molecule has 0 saturated heterocycles. The molecule has 9 nitrogen and oxygen atoms in total. The lowest BCUT2D eigenvalue weighted by Gasteiger charge is -2.31. The number of aliphatic carboxylic acids is 1. The molecule has 1 N–H and O–H groups in total. The fraction of sp³-hybridized carbons (Fsp3) is 0.292. The largest absolute Gasteiger partial charge is 0.481 e. The van der Waals surface area contributed by atoms with Gasteiger partial charge in [0.2, 0.25) is 0 Å². The molecule has 0 amide bonds. The SMILES string of the molecule is CC(C)C(CC(=O)O)N(C)c1nc(-c2cc(-c3ccon3)n(Cc3ccccc3F)n2)ncc1F. The average molecular weight is 482 g/mol. The number of aromatic nitrogens is 5. The van der Waals surface area contributed by atoms with Crippen LogP contribution in [0, 0.1) is 17.6 Å². The highest BCUT2D eigenvalue weighted by Gasteiger charge is 2.26. The maximum absolute atomic E-state index is 14.7. The zero-order valence-corrected chi connectivity index (χ0v) is 19.4. The highest BCUT2D eigenvalue weighted by atomic mass is 19.1. The van der Waals surface area contributed by atoms with Gasteiger partial charge in [-0.3, -0.25) is 9.48 Å². The minimum absolute atomic E-state index is 0.0402. The maximum atomic E-state index is 14.7. The summed E-state index contributed by atoms with van der Waals surface area (Å²) in [6.45, 7) is 3.83. The zero-order chi connectivity index (χ0) is 25.1. The van der Waals surface area contributed by atoms with Crippen molar-refractivity contribution in [1.29, 1.82) is 0 Å². The van der Waals surface area contributed by atoms with Gasteiger partial charge in [0.25, 0.3) is 0 Å². The molecule has 3 heterocycles. The average Bonchev–Trinajstić information content (AvgIpc) is 3.49. The quantitative estimate of drug-likeness (QED) is 0.377. The molecule has 0 spiro atoms. The van der Waals surface area contributed by atoms with E-state index in [0.29, 0.717) is 22.6 Å². The van der Waals surface area contributed by atoms with Crippen molar-refractivity contribution in [3.63, 3.8) is 0 Å². The van der Waals surface area contributed by atoms with Gasteiger partial charge in [-0.25, -0.2) is 18.7 Å². The second-order valence-electron chi connectivity index (χ2n) is 8.43. The summed E-state index contributed by atoms with van der Waals surface area (Å²) in [5.41, 5.74) is 1.74. The van der Waals surface area contributed by atoms with Crippen LogP contribution in [-0.4, -0.2) is 49.1 Å². The van der Waals surface area contributed by atoms with Crippen LogP contribution in [0.5, 0.6) is 0 Å². The van der Waals surface area contributed by atoms with E-state index in [1.807, 2.05) is 13.8 Å². The van der Waals surface area contributed by atoms with Gasteiger partial charge >= 0.3 is 5.97 Å². The Labute approximate surface area is 200 Å². The standard InChI is InChI=1S/C24H24F2N6O3/c1-14(2)20(11-22(33)34)31(3)24-17(26)12-27-23(28-24)19-10-21(18-8-9-35-30-18)32(29-19)13-15-6-4-5-7-16(15)25/h4-10,12,14,20H,11,13H2,1-3H3,(H,33,34). The fourth-order valence-electron chi connectivity index (χ4n) is 3.87. The van der Waals surface area contributed by atoms with Gasteiger partial charge in [0.15, 0.2) is 17.5 Å². The van der Waals surface area contributed by atoms with Gasteiger partial charge < -0.3 is 14.5 Å². The number of halogens is 2. The molecule has 182 valence electrons. The lowest BCUT2D eigenvalue weighted by molar-refractivity contribution is -0.137. The predicted octanol–water partition coefficient (Wildman–Crippen LogP) is 4.26. The summed E-state index contributed by atoms with van der Waals surface area (Å²) in [5, 5.41) is 17.8. The lowest BCUT2D eigenvalue weighted by Crippen LogP contribution is -2.39. The molecule has 4 aromatic rings. The molecule has 0 aliphatic rings.